The molecule has 8 heteroatoms. The number of hydrogen-bond acceptors (Lipinski definition) is 4. The average Bonchev–Trinajstić information content (AvgIpc) is 3.10. The maximum atomic E-state index is 11.0. The molecule has 24 heavy (non-hydrogen) atoms. The van der Waals surface area contributed by atoms with E-state index in [9.17, 15) is 10.1 Å². The van der Waals surface area contributed by atoms with Crippen molar-refractivity contribution < 1.29 is 4.92 Å². The Morgan fingerprint density at radius 1 is 1.33 bits per heavy atom. The first-order valence-electron chi connectivity index (χ1n) is 7.92. The van der Waals surface area contributed by atoms with Gasteiger partial charge < -0.3 is 10.6 Å². The summed E-state index contributed by atoms with van der Waals surface area (Å²) in [4.78, 5) is 15.1. The zero-order valence-corrected chi connectivity index (χ0v) is 13.7. The van der Waals surface area contributed by atoms with Crippen LogP contribution in [0.3, 0.4) is 0 Å². The van der Waals surface area contributed by atoms with Crippen molar-refractivity contribution in [3.8, 4) is 0 Å². The number of para-hydroxylation sites is 1. The van der Waals surface area contributed by atoms with Crippen LogP contribution in [-0.2, 0) is 13.1 Å². The van der Waals surface area contributed by atoms with Gasteiger partial charge in [0.1, 0.15) is 0 Å². The Morgan fingerprint density at radius 2 is 2.17 bits per heavy atom. The molecule has 2 aromatic rings. The Bertz CT molecular complexity index is 669. The van der Waals surface area contributed by atoms with Crippen molar-refractivity contribution in [1.82, 2.24) is 20.4 Å². The van der Waals surface area contributed by atoms with Crippen molar-refractivity contribution in [2.24, 2.45) is 4.99 Å². The zero-order valence-electron chi connectivity index (χ0n) is 13.7. The Kier molecular flexibility index (Phi) is 6.75. The fourth-order valence-corrected chi connectivity index (χ4v) is 2.21. The van der Waals surface area contributed by atoms with Gasteiger partial charge in [0.05, 0.1) is 17.0 Å². The third-order valence-corrected chi connectivity index (χ3v) is 3.36. The van der Waals surface area contributed by atoms with E-state index in [2.05, 4.69) is 20.7 Å². The molecule has 0 saturated heterocycles. The maximum absolute atomic E-state index is 11.0. The van der Waals surface area contributed by atoms with E-state index < -0.39 is 0 Å². The molecule has 8 nitrogen and oxygen atoms in total. The van der Waals surface area contributed by atoms with E-state index in [0.717, 1.165) is 26.1 Å². The predicted molar refractivity (Wildman–Crippen MR) is 92.8 cm³/mol. The number of guanidine groups is 1. The monoisotopic (exact) mass is 330 g/mol. The fourth-order valence-electron chi connectivity index (χ4n) is 2.21. The largest absolute Gasteiger partial charge is 0.357 e. The molecule has 0 radical (unpaired) electrons. The molecule has 2 rings (SSSR count). The second kappa shape index (κ2) is 9.29. The van der Waals surface area contributed by atoms with Crippen molar-refractivity contribution in [3.05, 3.63) is 58.4 Å². The third kappa shape index (κ3) is 5.38. The van der Waals surface area contributed by atoms with Crippen LogP contribution in [0.2, 0.25) is 0 Å². The first-order valence-corrected chi connectivity index (χ1v) is 7.92. The minimum atomic E-state index is -0.380. The number of benzene rings is 1. The molecule has 0 spiro atoms. The molecule has 0 amide bonds. The highest BCUT2D eigenvalue weighted by molar-refractivity contribution is 5.79. The number of hydrogen-bond donors (Lipinski definition) is 2. The maximum Gasteiger partial charge on any atom is 0.274 e. The van der Waals surface area contributed by atoms with E-state index in [4.69, 9.17) is 0 Å². The van der Waals surface area contributed by atoms with Crippen molar-refractivity contribution in [2.45, 2.75) is 26.4 Å². The fraction of sp³-hybridized carbons (Fsp3) is 0.375. The topological polar surface area (TPSA) is 97.4 Å². The number of aliphatic imine (C=N–C) groups is 1. The van der Waals surface area contributed by atoms with Gasteiger partial charge >= 0.3 is 0 Å². The van der Waals surface area contributed by atoms with Crippen LogP contribution in [0.5, 0.6) is 0 Å². The SMILES string of the molecule is CCNC(=NCc1ccccc1[N+](=O)[O-])NCCCn1cccn1. The highest BCUT2D eigenvalue weighted by Gasteiger charge is 2.11. The summed E-state index contributed by atoms with van der Waals surface area (Å²) in [6, 6.07) is 8.55. The van der Waals surface area contributed by atoms with Gasteiger partial charge in [-0.05, 0) is 19.4 Å². The van der Waals surface area contributed by atoms with Crippen LogP contribution in [-0.4, -0.2) is 33.8 Å². The Hall–Kier alpha value is -2.90. The zero-order chi connectivity index (χ0) is 17.2. The van der Waals surface area contributed by atoms with Gasteiger partial charge in [-0.2, -0.15) is 5.10 Å². The summed E-state index contributed by atoms with van der Waals surface area (Å²) in [6.45, 7) is 4.52. The highest BCUT2D eigenvalue weighted by atomic mass is 16.6. The van der Waals surface area contributed by atoms with Crippen LogP contribution in [0.1, 0.15) is 18.9 Å². The average molecular weight is 330 g/mol. The van der Waals surface area contributed by atoms with E-state index in [-0.39, 0.29) is 17.2 Å². The first kappa shape index (κ1) is 17.5. The van der Waals surface area contributed by atoms with Gasteiger partial charge in [0.15, 0.2) is 5.96 Å². The first-order chi connectivity index (χ1) is 11.7. The van der Waals surface area contributed by atoms with Gasteiger partial charge in [-0.25, -0.2) is 4.99 Å². The molecule has 0 bridgehead atoms. The van der Waals surface area contributed by atoms with Crippen molar-refractivity contribution in [2.75, 3.05) is 13.1 Å². The molecule has 128 valence electrons. The molecule has 1 aromatic heterocycles. The van der Waals surface area contributed by atoms with Gasteiger partial charge in [0.25, 0.3) is 5.69 Å². The van der Waals surface area contributed by atoms with E-state index >= 15 is 0 Å². The molecule has 0 unspecified atom stereocenters. The molecule has 1 heterocycles. The van der Waals surface area contributed by atoms with Gasteiger partial charge in [-0.15, -0.1) is 0 Å². The number of aromatic nitrogens is 2. The molecule has 2 N–H and O–H groups in total. The van der Waals surface area contributed by atoms with Gasteiger partial charge in [-0.3, -0.25) is 14.8 Å². The number of nitrogens with zero attached hydrogens (tertiary/aromatic N) is 4. The van der Waals surface area contributed by atoms with Crippen molar-refractivity contribution in [3.63, 3.8) is 0 Å². The van der Waals surface area contributed by atoms with Crippen LogP contribution in [0.25, 0.3) is 0 Å². The number of nitro groups is 1. The number of nitro benzene ring substituents is 1. The second-order valence-electron chi connectivity index (χ2n) is 5.13. The van der Waals surface area contributed by atoms with E-state index in [1.807, 2.05) is 23.9 Å². The molecule has 1 aromatic carbocycles. The summed E-state index contributed by atoms with van der Waals surface area (Å²) in [5.74, 6) is 0.649. The Morgan fingerprint density at radius 3 is 2.88 bits per heavy atom. The summed E-state index contributed by atoms with van der Waals surface area (Å²) in [6.07, 6.45) is 4.58. The lowest BCUT2D eigenvalue weighted by Gasteiger charge is -2.11. The van der Waals surface area contributed by atoms with Gasteiger partial charge in [-0.1, -0.05) is 18.2 Å². The molecule has 0 fully saturated rings. The minimum Gasteiger partial charge on any atom is -0.357 e. The number of rotatable bonds is 8. The lowest BCUT2D eigenvalue weighted by atomic mass is 10.2. The normalized spacial score (nSPS) is 11.3. The van der Waals surface area contributed by atoms with Crippen molar-refractivity contribution in [1.29, 1.82) is 0 Å². The molecule has 0 atom stereocenters. The molecule has 0 aliphatic rings. The third-order valence-electron chi connectivity index (χ3n) is 3.36. The Balaban J connectivity index is 1.89. The number of aryl methyl sites for hydroxylation is 1. The summed E-state index contributed by atoms with van der Waals surface area (Å²) >= 11 is 0. The summed E-state index contributed by atoms with van der Waals surface area (Å²) in [7, 11) is 0. The van der Waals surface area contributed by atoms with Crippen LogP contribution in [0.15, 0.2) is 47.7 Å². The van der Waals surface area contributed by atoms with Crippen LogP contribution in [0, 0.1) is 10.1 Å². The van der Waals surface area contributed by atoms with Crippen LogP contribution < -0.4 is 10.6 Å². The summed E-state index contributed by atoms with van der Waals surface area (Å²) in [5.41, 5.74) is 0.687. The molecule has 0 aliphatic carbocycles. The standard InChI is InChI=1S/C16H22N6O2/c1-2-17-16(18-9-5-11-21-12-6-10-20-21)19-13-14-7-3-4-8-15(14)22(23)24/h3-4,6-8,10,12H,2,5,9,11,13H2,1H3,(H2,17,18,19). The van der Waals surface area contributed by atoms with E-state index in [0.29, 0.717) is 11.5 Å². The smallest absolute Gasteiger partial charge is 0.274 e. The minimum absolute atomic E-state index is 0.0933. The molecular formula is C16H22N6O2. The highest BCUT2D eigenvalue weighted by Crippen LogP contribution is 2.18. The van der Waals surface area contributed by atoms with E-state index in [1.165, 1.54) is 6.07 Å². The Labute approximate surface area is 140 Å². The van der Waals surface area contributed by atoms with E-state index in [1.54, 1.807) is 24.4 Å². The summed E-state index contributed by atoms with van der Waals surface area (Å²) in [5, 5.41) is 21.6. The number of nitrogens with one attached hydrogen (secondary N) is 2. The van der Waals surface area contributed by atoms with Crippen molar-refractivity contribution >= 4 is 11.6 Å². The lowest BCUT2D eigenvalue weighted by Crippen LogP contribution is -2.38. The second-order valence-corrected chi connectivity index (χ2v) is 5.13. The van der Waals surface area contributed by atoms with Crippen LogP contribution in [0.4, 0.5) is 5.69 Å². The predicted octanol–water partition coefficient (Wildman–Crippen LogP) is 1.94. The lowest BCUT2D eigenvalue weighted by molar-refractivity contribution is -0.385. The molecule has 0 saturated carbocycles. The molecule has 0 aliphatic heterocycles. The molecular weight excluding hydrogens is 308 g/mol. The van der Waals surface area contributed by atoms with Gasteiger partial charge in [0.2, 0.25) is 0 Å². The quantitative estimate of drug-likeness (QED) is 0.253. The van der Waals surface area contributed by atoms with Gasteiger partial charge in [0, 0.05) is 38.1 Å². The van der Waals surface area contributed by atoms with Crippen LogP contribution >= 0.6 is 0 Å². The summed E-state index contributed by atoms with van der Waals surface area (Å²) < 4.78 is 1.87.